The number of ether oxygens (including phenoxy) is 1. The van der Waals surface area contributed by atoms with E-state index < -0.39 is 18.1 Å². The van der Waals surface area contributed by atoms with Crippen molar-refractivity contribution >= 4 is 12.1 Å². The third-order valence-corrected chi connectivity index (χ3v) is 1.79. The number of hydrogen-bond acceptors (Lipinski definition) is 4. The molecule has 0 bridgehead atoms. The van der Waals surface area contributed by atoms with Crippen LogP contribution in [0.1, 0.15) is 19.3 Å². The van der Waals surface area contributed by atoms with Crippen molar-refractivity contribution in [1.29, 1.82) is 0 Å². The third-order valence-electron chi connectivity index (χ3n) is 1.79. The summed E-state index contributed by atoms with van der Waals surface area (Å²) in [5.41, 5.74) is 5.28. The van der Waals surface area contributed by atoms with E-state index in [9.17, 15) is 9.59 Å². The summed E-state index contributed by atoms with van der Waals surface area (Å²) in [6.45, 7) is 0.353. The van der Waals surface area contributed by atoms with Crippen LogP contribution < -0.4 is 11.1 Å². The molecule has 90 valence electrons. The average molecular weight is 228 g/mol. The van der Waals surface area contributed by atoms with E-state index in [1.54, 1.807) is 0 Å². The number of rotatable bonds is 7. The number of nitrogens with two attached hydrogens (primary N) is 1. The molecule has 16 heavy (non-hydrogen) atoms. The zero-order valence-electron chi connectivity index (χ0n) is 8.94. The van der Waals surface area contributed by atoms with Gasteiger partial charge in [-0.2, -0.15) is 0 Å². The maximum Gasteiger partial charge on any atom is 0.407 e. The van der Waals surface area contributed by atoms with Crippen molar-refractivity contribution in [3.8, 4) is 12.3 Å². The SMILES string of the molecule is C#CCNC(=O)OCCCC[C@H](N)C(=O)O. The minimum atomic E-state index is -1.02. The lowest BCUT2D eigenvalue weighted by molar-refractivity contribution is -0.138. The van der Waals surface area contributed by atoms with E-state index in [0.29, 0.717) is 19.3 Å². The van der Waals surface area contributed by atoms with E-state index in [-0.39, 0.29) is 13.2 Å². The Morgan fingerprint density at radius 3 is 2.75 bits per heavy atom. The Labute approximate surface area is 94.1 Å². The predicted octanol–water partition coefficient (Wildman–Crippen LogP) is -0.0720. The fraction of sp³-hybridized carbons (Fsp3) is 0.600. The zero-order chi connectivity index (χ0) is 12.4. The molecule has 0 saturated heterocycles. The van der Waals surface area contributed by atoms with Crippen LogP contribution in [0.2, 0.25) is 0 Å². The van der Waals surface area contributed by atoms with Crippen molar-refractivity contribution in [3.63, 3.8) is 0 Å². The number of aliphatic carboxylic acids is 1. The largest absolute Gasteiger partial charge is 0.480 e. The molecule has 0 fully saturated rings. The lowest BCUT2D eigenvalue weighted by atomic mass is 10.1. The maximum absolute atomic E-state index is 10.9. The van der Waals surface area contributed by atoms with Crippen molar-refractivity contribution < 1.29 is 19.4 Å². The van der Waals surface area contributed by atoms with Crippen molar-refractivity contribution in [2.24, 2.45) is 5.73 Å². The average Bonchev–Trinajstić information content (AvgIpc) is 2.25. The summed E-state index contributed by atoms with van der Waals surface area (Å²) in [5, 5.41) is 10.8. The van der Waals surface area contributed by atoms with Gasteiger partial charge in [0.2, 0.25) is 0 Å². The summed E-state index contributed by atoms with van der Waals surface area (Å²) in [6, 6.07) is -0.852. The van der Waals surface area contributed by atoms with E-state index in [0.717, 1.165) is 0 Å². The van der Waals surface area contributed by atoms with E-state index in [2.05, 4.69) is 11.2 Å². The van der Waals surface area contributed by atoms with E-state index >= 15 is 0 Å². The van der Waals surface area contributed by atoms with Gasteiger partial charge in [0.25, 0.3) is 0 Å². The van der Waals surface area contributed by atoms with Crippen LogP contribution in [0.5, 0.6) is 0 Å². The minimum absolute atomic E-state index is 0.128. The molecule has 1 atom stereocenters. The van der Waals surface area contributed by atoms with Gasteiger partial charge in [-0.1, -0.05) is 5.92 Å². The van der Waals surface area contributed by atoms with Gasteiger partial charge in [-0.15, -0.1) is 6.42 Å². The molecule has 0 spiro atoms. The van der Waals surface area contributed by atoms with Gasteiger partial charge in [0.05, 0.1) is 13.2 Å². The first-order chi connectivity index (χ1) is 7.57. The second kappa shape index (κ2) is 8.56. The lowest BCUT2D eigenvalue weighted by Gasteiger charge is -2.06. The van der Waals surface area contributed by atoms with Crippen LogP contribution in [0.15, 0.2) is 0 Å². The Balaban J connectivity index is 3.37. The fourth-order valence-electron chi connectivity index (χ4n) is 0.929. The van der Waals surface area contributed by atoms with Gasteiger partial charge in [0.15, 0.2) is 0 Å². The number of carboxylic acid groups (broad SMARTS) is 1. The molecule has 4 N–H and O–H groups in total. The summed E-state index contributed by atoms with van der Waals surface area (Å²) < 4.78 is 4.75. The summed E-state index contributed by atoms with van der Waals surface area (Å²) in [4.78, 5) is 21.2. The Morgan fingerprint density at radius 2 is 2.19 bits per heavy atom. The van der Waals surface area contributed by atoms with Gasteiger partial charge >= 0.3 is 12.1 Å². The number of nitrogens with one attached hydrogen (secondary N) is 1. The van der Waals surface area contributed by atoms with Crippen LogP contribution in [0, 0.1) is 12.3 Å². The molecule has 0 radical (unpaired) electrons. The first-order valence-electron chi connectivity index (χ1n) is 4.90. The Morgan fingerprint density at radius 1 is 1.50 bits per heavy atom. The Kier molecular flexibility index (Phi) is 7.63. The maximum atomic E-state index is 10.9. The van der Waals surface area contributed by atoms with Crippen molar-refractivity contribution in [2.75, 3.05) is 13.2 Å². The molecule has 1 amide bonds. The van der Waals surface area contributed by atoms with Crippen LogP contribution >= 0.6 is 0 Å². The molecule has 0 heterocycles. The molecule has 0 unspecified atom stereocenters. The smallest absolute Gasteiger partial charge is 0.407 e. The molecule has 6 nitrogen and oxygen atoms in total. The minimum Gasteiger partial charge on any atom is -0.480 e. The number of terminal acetylenes is 1. The second-order valence-corrected chi connectivity index (χ2v) is 3.13. The first-order valence-corrected chi connectivity index (χ1v) is 4.90. The van der Waals surface area contributed by atoms with Gasteiger partial charge in [0, 0.05) is 0 Å². The topological polar surface area (TPSA) is 102 Å². The standard InChI is InChI=1S/C10H16N2O4/c1-2-6-12-10(15)16-7-4-3-5-8(11)9(13)14/h1,8H,3-7,11H2,(H,12,15)(H,13,14)/t8-/m0/s1. The van der Waals surface area contributed by atoms with Gasteiger partial charge in [0.1, 0.15) is 6.04 Å². The number of unbranched alkanes of at least 4 members (excludes halogenated alkanes) is 1. The first kappa shape index (κ1) is 14.3. The number of carbonyl (C=O) groups excluding carboxylic acids is 1. The Bertz CT molecular complexity index is 272. The highest BCUT2D eigenvalue weighted by Crippen LogP contribution is 1.99. The van der Waals surface area contributed by atoms with Gasteiger partial charge in [-0.25, -0.2) is 4.79 Å². The molecule has 0 aromatic carbocycles. The van der Waals surface area contributed by atoms with Crippen molar-refractivity contribution in [1.82, 2.24) is 5.32 Å². The summed E-state index contributed by atoms with van der Waals surface area (Å²) in [7, 11) is 0. The number of carboxylic acids is 1. The molecule has 0 saturated carbocycles. The molecule has 0 aliphatic carbocycles. The molecule has 0 aromatic heterocycles. The highest BCUT2D eigenvalue weighted by Gasteiger charge is 2.10. The molecule has 6 heteroatoms. The highest BCUT2D eigenvalue weighted by atomic mass is 16.5. The van der Waals surface area contributed by atoms with Crippen LogP contribution in [-0.4, -0.2) is 36.4 Å². The quantitative estimate of drug-likeness (QED) is 0.418. The molecular formula is C10H16N2O4. The normalized spacial score (nSPS) is 11.2. The van der Waals surface area contributed by atoms with E-state index in [4.69, 9.17) is 22.0 Å². The zero-order valence-corrected chi connectivity index (χ0v) is 8.94. The number of carbonyl (C=O) groups is 2. The predicted molar refractivity (Wildman–Crippen MR) is 57.6 cm³/mol. The van der Waals surface area contributed by atoms with Crippen LogP contribution in [0.25, 0.3) is 0 Å². The van der Waals surface area contributed by atoms with Crippen molar-refractivity contribution in [2.45, 2.75) is 25.3 Å². The fourth-order valence-corrected chi connectivity index (χ4v) is 0.929. The molecule has 0 aliphatic heterocycles. The van der Waals surface area contributed by atoms with Crippen molar-refractivity contribution in [3.05, 3.63) is 0 Å². The van der Waals surface area contributed by atoms with Crippen LogP contribution in [-0.2, 0) is 9.53 Å². The van der Waals surface area contributed by atoms with Crippen LogP contribution in [0.3, 0.4) is 0 Å². The highest BCUT2D eigenvalue weighted by molar-refractivity contribution is 5.72. The van der Waals surface area contributed by atoms with Gasteiger partial charge < -0.3 is 20.9 Å². The summed E-state index contributed by atoms with van der Waals surface area (Å²) >= 11 is 0. The number of alkyl carbamates (subject to hydrolysis) is 1. The lowest BCUT2D eigenvalue weighted by Crippen LogP contribution is -2.30. The third kappa shape index (κ3) is 7.64. The van der Waals surface area contributed by atoms with Gasteiger partial charge in [-0.05, 0) is 19.3 Å². The number of amides is 1. The summed E-state index contributed by atoms with van der Waals surface area (Å²) in [6.07, 6.45) is 5.89. The van der Waals surface area contributed by atoms with E-state index in [1.807, 2.05) is 0 Å². The number of hydrogen-bond donors (Lipinski definition) is 3. The van der Waals surface area contributed by atoms with E-state index in [1.165, 1.54) is 0 Å². The van der Waals surface area contributed by atoms with Crippen LogP contribution in [0.4, 0.5) is 4.79 Å². The molecule has 0 aliphatic rings. The second-order valence-electron chi connectivity index (χ2n) is 3.13. The molecule has 0 rings (SSSR count). The summed E-state index contributed by atoms with van der Waals surface area (Å²) in [5.74, 6) is 1.21. The molecule has 0 aromatic rings. The Hall–Kier alpha value is -1.74. The van der Waals surface area contributed by atoms with Gasteiger partial charge in [-0.3, -0.25) is 4.79 Å². The molecular weight excluding hydrogens is 212 g/mol. The monoisotopic (exact) mass is 228 g/mol.